The summed E-state index contributed by atoms with van der Waals surface area (Å²) >= 11 is 0. The highest BCUT2D eigenvalue weighted by Gasteiger charge is 2.34. The average molecular weight is 275 g/mol. The summed E-state index contributed by atoms with van der Waals surface area (Å²) in [7, 11) is 1.58. The lowest BCUT2D eigenvalue weighted by Crippen LogP contribution is -2.54. The number of carbonyl (C=O) groups excluding carboxylic acids is 2. The maximum absolute atomic E-state index is 12.4. The molecule has 2 amide bonds. The van der Waals surface area contributed by atoms with Gasteiger partial charge in [0.1, 0.15) is 0 Å². The summed E-state index contributed by atoms with van der Waals surface area (Å²) in [6.45, 7) is 2.78. The summed E-state index contributed by atoms with van der Waals surface area (Å²) in [5.74, 6) is -0.214. The molecule has 2 rings (SSSR count). The van der Waals surface area contributed by atoms with E-state index in [0.717, 1.165) is 25.8 Å². The van der Waals surface area contributed by atoms with E-state index in [1.54, 1.807) is 31.3 Å². The van der Waals surface area contributed by atoms with Gasteiger partial charge in [-0.2, -0.15) is 0 Å². The summed E-state index contributed by atoms with van der Waals surface area (Å²) in [5.41, 5.74) is 0.651. The molecule has 5 nitrogen and oxygen atoms in total. The minimum absolute atomic E-state index is 0.0498. The number of carbonyl (C=O) groups is 2. The van der Waals surface area contributed by atoms with Crippen LogP contribution in [0.15, 0.2) is 24.3 Å². The lowest BCUT2D eigenvalue weighted by molar-refractivity contribution is -0.122. The Morgan fingerprint density at radius 1 is 1.30 bits per heavy atom. The molecule has 0 bridgehead atoms. The first kappa shape index (κ1) is 14.5. The van der Waals surface area contributed by atoms with Gasteiger partial charge in [-0.05, 0) is 50.9 Å². The number of anilines is 1. The van der Waals surface area contributed by atoms with E-state index in [1.807, 2.05) is 6.92 Å². The standard InChI is InChI=1S/C15H21N3O2/c1-15(8-3-4-9-17-15)14(20)18-12-7-5-6-11(10-12)13(19)16-2/h5-7,10,17H,3-4,8-9H2,1-2H3,(H,16,19)(H,18,20). The van der Waals surface area contributed by atoms with E-state index in [9.17, 15) is 9.59 Å². The molecule has 0 saturated carbocycles. The highest BCUT2D eigenvalue weighted by molar-refractivity contribution is 6.00. The van der Waals surface area contributed by atoms with Gasteiger partial charge in [0.2, 0.25) is 5.91 Å². The van der Waals surface area contributed by atoms with E-state index in [4.69, 9.17) is 0 Å². The van der Waals surface area contributed by atoms with Crippen molar-refractivity contribution in [2.75, 3.05) is 18.9 Å². The monoisotopic (exact) mass is 275 g/mol. The smallest absolute Gasteiger partial charge is 0.251 e. The first-order chi connectivity index (χ1) is 9.55. The number of benzene rings is 1. The van der Waals surface area contributed by atoms with Crippen LogP contribution in [0, 0.1) is 0 Å². The van der Waals surface area contributed by atoms with Gasteiger partial charge in [0, 0.05) is 18.3 Å². The number of piperidine rings is 1. The van der Waals surface area contributed by atoms with Gasteiger partial charge in [-0.25, -0.2) is 0 Å². The normalized spacial score (nSPS) is 22.1. The molecule has 1 aromatic carbocycles. The fourth-order valence-corrected chi connectivity index (χ4v) is 2.40. The third-order valence-electron chi connectivity index (χ3n) is 3.73. The molecule has 1 unspecified atom stereocenters. The Hall–Kier alpha value is -1.88. The first-order valence-electron chi connectivity index (χ1n) is 6.94. The average Bonchev–Trinajstić information content (AvgIpc) is 2.47. The second kappa shape index (κ2) is 6.05. The summed E-state index contributed by atoms with van der Waals surface area (Å²) in [6, 6.07) is 6.95. The molecule has 1 heterocycles. The fourth-order valence-electron chi connectivity index (χ4n) is 2.40. The first-order valence-corrected chi connectivity index (χ1v) is 6.94. The molecule has 1 aliphatic heterocycles. The van der Waals surface area contributed by atoms with Crippen LogP contribution < -0.4 is 16.0 Å². The third kappa shape index (κ3) is 3.17. The van der Waals surface area contributed by atoms with Crippen molar-refractivity contribution in [3.8, 4) is 0 Å². The van der Waals surface area contributed by atoms with Crippen LogP contribution in [0.5, 0.6) is 0 Å². The Balaban J connectivity index is 2.09. The molecule has 1 aliphatic rings. The molecule has 0 spiro atoms. The number of hydrogen-bond acceptors (Lipinski definition) is 3. The SMILES string of the molecule is CNC(=O)c1cccc(NC(=O)C2(C)CCCCN2)c1. The van der Waals surface area contributed by atoms with Gasteiger partial charge in [0.25, 0.3) is 5.91 Å². The van der Waals surface area contributed by atoms with Crippen LogP contribution in [0.3, 0.4) is 0 Å². The zero-order chi connectivity index (χ0) is 14.6. The Labute approximate surface area is 119 Å². The molecule has 1 saturated heterocycles. The van der Waals surface area contributed by atoms with Gasteiger partial charge in [0.05, 0.1) is 5.54 Å². The van der Waals surface area contributed by atoms with Crippen LogP contribution in [0.25, 0.3) is 0 Å². The minimum Gasteiger partial charge on any atom is -0.355 e. The van der Waals surface area contributed by atoms with Crippen LogP contribution in [0.2, 0.25) is 0 Å². The molecule has 5 heteroatoms. The maximum atomic E-state index is 12.4. The highest BCUT2D eigenvalue weighted by Crippen LogP contribution is 2.21. The van der Waals surface area contributed by atoms with Gasteiger partial charge < -0.3 is 16.0 Å². The number of nitrogens with one attached hydrogen (secondary N) is 3. The summed E-state index contributed by atoms with van der Waals surface area (Å²) in [4.78, 5) is 23.9. The Bertz CT molecular complexity index is 508. The molecule has 1 aromatic rings. The zero-order valence-electron chi connectivity index (χ0n) is 12.0. The third-order valence-corrected chi connectivity index (χ3v) is 3.73. The van der Waals surface area contributed by atoms with Gasteiger partial charge >= 0.3 is 0 Å². The Morgan fingerprint density at radius 2 is 2.10 bits per heavy atom. The summed E-state index contributed by atoms with van der Waals surface area (Å²) in [5, 5.41) is 8.73. The maximum Gasteiger partial charge on any atom is 0.251 e. The van der Waals surface area contributed by atoms with Crippen LogP contribution in [-0.4, -0.2) is 30.9 Å². The Kier molecular flexibility index (Phi) is 4.39. The number of rotatable bonds is 3. The van der Waals surface area contributed by atoms with Crippen molar-refractivity contribution in [1.82, 2.24) is 10.6 Å². The second-order valence-corrected chi connectivity index (χ2v) is 5.33. The molecule has 0 aliphatic carbocycles. The largest absolute Gasteiger partial charge is 0.355 e. The van der Waals surface area contributed by atoms with E-state index in [1.165, 1.54) is 0 Å². The summed E-state index contributed by atoms with van der Waals surface area (Å²) < 4.78 is 0. The van der Waals surface area contributed by atoms with Crippen LogP contribution in [0.4, 0.5) is 5.69 Å². The van der Waals surface area contributed by atoms with E-state index >= 15 is 0 Å². The van der Waals surface area contributed by atoms with Crippen molar-refractivity contribution in [3.63, 3.8) is 0 Å². The minimum atomic E-state index is -0.527. The van der Waals surface area contributed by atoms with Crippen molar-refractivity contribution in [1.29, 1.82) is 0 Å². The molecule has 1 fully saturated rings. The second-order valence-electron chi connectivity index (χ2n) is 5.33. The van der Waals surface area contributed by atoms with Crippen molar-refractivity contribution < 1.29 is 9.59 Å². The molecule has 3 N–H and O–H groups in total. The summed E-state index contributed by atoms with van der Waals surface area (Å²) in [6.07, 6.45) is 2.98. The van der Waals surface area contributed by atoms with Crippen LogP contribution >= 0.6 is 0 Å². The van der Waals surface area contributed by atoms with Crippen LogP contribution in [0.1, 0.15) is 36.5 Å². The van der Waals surface area contributed by atoms with Gasteiger partial charge in [0.15, 0.2) is 0 Å². The fraction of sp³-hybridized carbons (Fsp3) is 0.467. The molecule has 108 valence electrons. The van der Waals surface area contributed by atoms with Gasteiger partial charge in [-0.15, -0.1) is 0 Å². The Morgan fingerprint density at radius 3 is 2.75 bits per heavy atom. The molecular formula is C15H21N3O2. The lowest BCUT2D eigenvalue weighted by Gasteiger charge is -2.33. The predicted octanol–water partition coefficient (Wildman–Crippen LogP) is 1.52. The quantitative estimate of drug-likeness (QED) is 0.783. The van der Waals surface area contributed by atoms with Crippen molar-refractivity contribution in [3.05, 3.63) is 29.8 Å². The molecule has 20 heavy (non-hydrogen) atoms. The molecule has 0 radical (unpaired) electrons. The van der Waals surface area contributed by atoms with E-state index < -0.39 is 5.54 Å². The lowest BCUT2D eigenvalue weighted by atomic mass is 9.90. The topological polar surface area (TPSA) is 70.2 Å². The van der Waals surface area contributed by atoms with E-state index in [2.05, 4.69) is 16.0 Å². The number of amides is 2. The molecular weight excluding hydrogens is 254 g/mol. The van der Waals surface area contributed by atoms with Gasteiger partial charge in [-0.3, -0.25) is 9.59 Å². The zero-order valence-corrected chi connectivity index (χ0v) is 12.0. The van der Waals surface area contributed by atoms with Crippen molar-refractivity contribution >= 4 is 17.5 Å². The van der Waals surface area contributed by atoms with Gasteiger partial charge in [-0.1, -0.05) is 6.07 Å². The molecule has 1 atom stereocenters. The van der Waals surface area contributed by atoms with Crippen LogP contribution in [-0.2, 0) is 4.79 Å². The molecule has 0 aromatic heterocycles. The van der Waals surface area contributed by atoms with Crippen molar-refractivity contribution in [2.24, 2.45) is 0 Å². The highest BCUT2D eigenvalue weighted by atomic mass is 16.2. The number of hydrogen-bond donors (Lipinski definition) is 3. The van der Waals surface area contributed by atoms with E-state index in [-0.39, 0.29) is 11.8 Å². The predicted molar refractivity (Wildman–Crippen MR) is 78.7 cm³/mol. The van der Waals surface area contributed by atoms with E-state index in [0.29, 0.717) is 11.3 Å². The van der Waals surface area contributed by atoms with Crippen molar-refractivity contribution in [2.45, 2.75) is 31.7 Å².